The second kappa shape index (κ2) is 11.0. The number of rotatable bonds is 9. The Bertz CT molecular complexity index is 1290. The van der Waals surface area contributed by atoms with Gasteiger partial charge in [-0.3, -0.25) is 19.2 Å². The molecule has 2 N–H and O–H groups in total. The van der Waals surface area contributed by atoms with Gasteiger partial charge in [0.25, 0.3) is 0 Å². The Kier molecular flexibility index (Phi) is 8.29. The largest absolute Gasteiger partial charge is 0.302 e. The number of nitrogens with one attached hydrogen (secondary N) is 2. The lowest BCUT2D eigenvalue weighted by Gasteiger charge is -2.16. The number of carbonyl (C=O) groups excluding carboxylic acids is 4. The molecule has 0 bridgehead atoms. The van der Waals surface area contributed by atoms with E-state index < -0.39 is 5.92 Å². The molecule has 8 nitrogen and oxygen atoms in total. The van der Waals surface area contributed by atoms with Crippen LogP contribution < -0.4 is 10.6 Å². The van der Waals surface area contributed by atoms with Crippen molar-refractivity contribution in [2.75, 3.05) is 10.6 Å². The standard InChI is InChI=1S/C25H28N4O4S2/c1-12-7-13(2)9-18(8-12)10-19(23(33)29-25-28-22(15(4)31)17(6)35-25)11-20(32)26-24-27-21(14(3)30)16(5)34-24/h7-9,19H,10-11H2,1-6H3,(H,26,27,32)(H,28,29,33). The van der Waals surface area contributed by atoms with Crippen LogP contribution in [0.1, 0.15) is 67.7 Å². The second-order valence-electron chi connectivity index (χ2n) is 8.60. The highest BCUT2D eigenvalue weighted by atomic mass is 32.1. The molecule has 0 radical (unpaired) electrons. The minimum absolute atomic E-state index is 0.0865. The first kappa shape index (κ1) is 26.4. The molecule has 2 aromatic heterocycles. The number of ketones is 2. The third-order valence-electron chi connectivity index (χ3n) is 5.30. The van der Waals surface area contributed by atoms with Crippen LogP contribution in [0.3, 0.4) is 0 Å². The molecule has 1 unspecified atom stereocenters. The molecule has 2 amide bonds. The number of amides is 2. The van der Waals surface area contributed by atoms with E-state index >= 15 is 0 Å². The predicted octanol–water partition coefficient (Wildman–Crippen LogP) is 5.06. The van der Waals surface area contributed by atoms with Gasteiger partial charge in [0.2, 0.25) is 11.8 Å². The molecular weight excluding hydrogens is 484 g/mol. The third kappa shape index (κ3) is 6.89. The summed E-state index contributed by atoms with van der Waals surface area (Å²) in [6, 6.07) is 6.04. The minimum atomic E-state index is -0.686. The van der Waals surface area contributed by atoms with Crippen molar-refractivity contribution >= 4 is 56.3 Å². The molecule has 0 fully saturated rings. The van der Waals surface area contributed by atoms with Gasteiger partial charge in [-0.25, -0.2) is 9.97 Å². The van der Waals surface area contributed by atoms with Crippen molar-refractivity contribution in [3.05, 3.63) is 56.0 Å². The summed E-state index contributed by atoms with van der Waals surface area (Å²) in [6.45, 7) is 10.4. The van der Waals surface area contributed by atoms with E-state index in [1.54, 1.807) is 13.8 Å². The topological polar surface area (TPSA) is 118 Å². The Morgan fingerprint density at radius 1 is 0.800 bits per heavy atom. The summed E-state index contributed by atoms with van der Waals surface area (Å²) >= 11 is 2.44. The van der Waals surface area contributed by atoms with Crippen molar-refractivity contribution < 1.29 is 19.2 Å². The van der Waals surface area contributed by atoms with E-state index in [4.69, 9.17) is 0 Å². The van der Waals surface area contributed by atoms with Gasteiger partial charge in [0.1, 0.15) is 11.4 Å². The van der Waals surface area contributed by atoms with Crippen molar-refractivity contribution in [1.82, 2.24) is 9.97 Å². The fraction of sp³-hybridized carbons (Fsp3) is 0.360. The van der Waals surface area contributed by atoms with Gasteiger partial charge in [-0.2, -0.15) is 0 Å². The van der Waals surface area contributed by atoms with Crippen LogP contribution in [-0.4, -0.2) is 33.3 Å². The van der Waals surface area contributed by atoms with Crippen LogP contribution in [0.15, 0.2) is 18.2 Å². The molecule has 0 saturated heterocycles. The first-order valence-corrected chi connectivity index (χ1v) is 12.7. The number of carbonyl (C=O) groups is 4. The van der Waals surface area contributed by atoms with E-state index in [2.05, 4.69) is 20.6 Å². The first-order chi connectivity index (χ1) is 16.4. The van der Waals surface area contributed by atoms with Gasteiger partial charge in [0.15, 0.2) is 21.8 Å². The summed E-state index contributed by atoms with van der Waals surface area (Å²) in [7, 11) is 0. The second-order valence-corrected chi connectivity index (χ2v) is 11.0. The maximum atomic E-state index is 13.2. The Morgan fingerprint density at radius 3 is 1.74 bits per heavy atom. The normalized spacial score (nSPS) is 11.7. The number of aromatic nitrogens is 2. The van der Waals surface area contributed by atoms with E-state index in [1.807, 2.05) is 32.0 Å². The van der Waals surface area contributed by atoms with Gasteiger partial charge in [0, 0.05) is 30.0 Å². The highest BCUT2D eigenvalue weighted by molar-refractivity contribution is 7.16. The zero-order chi connectivity index (χ0) is 25.9. The molecular formula is C25H28N4O4S2. The lowest BCUT2D eigenvalue weighted by Crippen LogP contribution is -2.29. The number of benzene rings is 1. The van der Waals surface area contributed by atoms with Gasteiger partial charge >= 0.3 is 0 Å². The van der Waals surface area contributed by atoms with Crippen LogP contribution in [0.2, 0.25) is 0 Å². The maximum absolute atomic E-state index is 13.2. The summed E-state index contributed by atoms with van der Waals surface area (Å²) in [5.41, 5.74) is 3.74. The van der Waals surface area contributed by atoms with E-state index in [-0.39, 0.29) is 29.8 Å². The highest BCUT2D eigenvalue weighted by Gasteiger charge is 2.25. The van der Waals surface area contributed by atoms with Gasteiger partial charge in [-0.15, -0.1) is 22.7 Å². The monoisotopic (exact) mass is 512 g/mol. The maximum Gasteiger partial charge on any atom is 0.230 e. The molecule has 0 aliphatic rings. The van der Waals surface area contributed by atoms with E-state index in [1.165, 1.54) is 36.5 Å². The van der Waals surface area contributed by atoms with Crippen molar-refractivity contribution in [1.29, 1.82) is 0 Å². The molecule has 184 valence electrons. The number of Topliss-reactive ketones (excluding diaryl/α,β-unsaturated/α-hetero) is 2. The molecule has 10 heteroatoms. The summed E-state index contributed by atoms with van der Waals surface area (Å²) < 4.78 is 0. The van der Waals surface area contributed by atoms with Crippen molar-refractivity contribution in [3.8, 4) is 0 Å². The molecule has 0 aliphatic carbocycles. The van der Waals surface area contributed by atoms with Crippen LogP contribution in [-0.2, 0) is 16.0 Å². The molecule has 0 spiro atoms. The minimum Gasteiger partial charge on any atom is -0.302 e. The lowest BCUT2D eigenvalue weighted by molar-refractivity contribution is -0.124. The predicted molar refractivity (Wildman–Crippen MR) is 139 cm³/mol. The van der Waals surface area contributed by atoms with Crippen LogP contribution in [0.5, 0.6) is 0 Å². The molecule has 0 saturated carbocycles. The van der Waals surface area contributed by atoms with Gasteiger partial charge < -0.3 is 10.6 Å². The summed E-state index contributed by atoms with van der Waals surface area (Å²) in [5.74, 6) is -1.76. The van der Waals surface area contributed by atoms with Crippen molar-refractivity contribution in [3.63, 3.8) is 0 Å². The van der Waals surface area contributed by atoms with Crippen molar-refractivity contribution in [2.24, 2.45) is 5.92 Å². The average molecular weight is 513 g/mol. The molecule has 3 aromatic rings. The fourth-order valence-electron chi connectivity index (χ4n) is 3.88. The van der Waals surface area contributed by atoms with Crippen LogP contribution >= 0.6 is 22.7 Å². The van der Waals surface area contributed by atoms with E-state index in [0.29, 0.717) is 28.1 Å². The van der Waals surface area contributed by atoms with Gasteiger partial charge in [0.05, 0.1) is 5.92 Å². The summed E-state index contributed by atoms with van der Waals surface area (Å²) in [5, 5.41) is 6.15. The molecule has 2 heterocycles. The Hall–Kier alpha value is -3.24. The first-order valence-electron chi connectivity index (χ1n) is 11.1. The Morgan fingerprint density at radius 2 is 1.29 bits per heavy atom. The number of thiazole rings is 2. The third-order valence-corrected chi connectivity index (χ3v) is 7.08. The van der Waals surface area contributed by atoms with Crippen LogP contribution in [0.4, 0.5) is 10.3 Å². The molecule has 1 atom stereocenters. The quantitative estimate of drug-likeness (QED) is 0.387. The molecule has 3 rings (SSSR count). The Labute approximate surface area is 212 Å². The highest BCUT2D eigenvalue weighted by Crippen LogP contribution is 2.26. The van der Waals surface area contributed by atoms with Crippen LogP contribution in [0.25, 0.3) is 0 Å². The van der Waals surface area contributed by atoms with Crippen molar-refractivity contribution in [2.45, 2.75) is 54.4 Å². The lowest BCUT2D eigenvalue weighted by atomic mass is 9.93. The molecule has 1 aromatic carbocycles. The summed E-state index contributed by atoms with van der Waals surface area (Å²) in [4.78, 5) is 59.4. The van der Waals surface area contributed by atoms with E-state index in [9.17, 15) is 19.2 Å². The zero-order valence-corrected chi connectivity index (χ0v) is 22.2. The number of anilines is 2. The fourth-order valence-corrected chi connectivity index (χ4v) is 5.63. The van der Waals surface area contributed by atoms with Crippen LogP contribution in [0, 0.1) is 33.6 Å². The number of aryl methyl sites for hydroxylation is 4. The SMILES string of the molecule is CC(=O)c1nc(NC(=O)CC(Cc2cc(C)cc(C)c2)C(=O)Nc2nc(C(C)=O)c(C)s2)sc1C. The number of nitrogens with zero attached hydrogens (tertiary/aromatic N) is 2. The van der Waals surface area contributed by atoms with Gasteiger partial charge in [-0.05, 0) is 39.7 Å². The number of hydrogen-bond donors (Lipinski definition) is 2. The molecule has 35 heavy (non-hydrogen) atoms. The molecule has 0 aliphatic heterocycles. The average Bonchev–Trinajstić information content (AvgIpc) is 3.28. The smallest absolute Gasteiger partial charge is 0.230 e. The summed E-state index contributed by atoms with van der Waals surface area (Å²) in [6.07, 6.45) is 0.262. The Balaban J connectivity index is 1.81. The van der Waals surface area contributed by atoms with Gasteiger partial charge in [-0.1, -0.05) is 29.3 Å². The van der Waals surface area contributed by atoms with E-state index in [0.717, 1.165) is 26.4 Å². The number of hydrogen-bond acceptors (Lipinski definition) is 8. The zero-order valence-electron chi connectivity index (χ0n) is 20.6.